The Morgan fingerprint density at radius 1 is 0.935 bits per heavy atom. The van der Waals surface area contributed by atoms with Gasteiger partial charge >= 0.3 is 0 Å². The number of anilines is 1. The summed E-state index contributed by atoms with van der Waals surface area (Å²) in [6.07, 6.45) is 3.67. The monoisotopic (exact) mass is 432 g/mol. The number of hydrogen-bond acceptors (Lipinski definition) is 5. The second-order valence-corrected chi connectivity index (χ2v) is 8.68. The third-order valence-corrected chi connectivity index (χ3v) is 6.57. The van der Waals surface area contributed by atoms with E-state index in [0.717, 1.165) is 5.56 Å². The first-order chi connectivity index (χ1) is 15.1. The number of hydrogen-bond donors (Lipinski definition) is 0. The minimum atomic E-state index is -3.88. The molecule has 3 aromatic rings. The van der Waals surface area contributed by atoms with E-state index in [2.05, 4.69) is 0 Å². The van der Waals surface area contributed by atoms with E-state index in [0.29, 0.717) is 36.0 Å². The minimum Gasteiger partial charge on any atom is -0.486 e. The minimum absolute atomic E-state index is 0.106. The first-order valence-corrected chi connectivity index (χ1v) is 11.2. The van der Waals surface area contributed by atoms with Crippen LogP contribution >= 0.6 is 0 Å². The zero-order valence-corrected chi connectivity index (χ0v) is 17.5. The lowest BCUT2D eigenvalue weighted by Gasteiger charge is -2.25. The highest BCUT2D eigenvalue weighted by atomic mass is 32.2. The highest BCUT2D eigenvalue weighted by Crippen LogP contribution is 2.35. The number of ether oxygens (including phenoxy) is 2. The lowest BCUT2D eigenvalue weighted by molar-refractivity contribution is 0.171. The van der Waals surface area contributed by atoms with E-state index in [1.165, 1.54) is 28.6 Å². The third kappa shape index (κ3) is 4.55. The molecule has 3 aromatic carbocycles. The van der Waals surface area contributed by atoms with Gasteiger partial charge in [-0.3, -0.25) is 4.31 Å². The van der Waals surface area contributed by atoms with E-state index in [4.69, 9.17) is 14.7 Å². The molecule has 0 N–H and O–H groups in total. The number of fused-ring (bicyclic) bond motifs is 1. The van der Waals surface area contributed by atoms with Crippen LogP contribution < -0.4 is 13.8 Å². The Morgan fingerprint density at radius 3 is 2.35 bits per heavy atom. The molecule has 0 spiro atoms. The summed E-state index contributed by atoms with van der Waals surface area (Å²) in [7, 11) is -3.88. The van der Waals surface area contributed by atoms with Gasteiger partial charge in [0, 0.05) is 6.07 Å². The van der Waals surface area contributed by atoms with Gasteiger partial charge in [-0.2, -0.15) is 5.26 Å². The Hall–Kier alpha value is -3.76. The number of benzene rings is 3. The standard InChI is InChI=1S/C24H20N2O4S/c25-18-20-8-11-22(12-9-20)31(27,28)26(14-4-7-19-5-2-1-3-6-19)21-10-13-23-24(17-21)30-16-15-29-23/h1-13,17H,14-16H2. The van der Waals surface area contributed by atoms with Gasteiger partial charge in [-0.05, 0) is 42.0 Å². The van der Waals surface area contributed by atoms with Crippen LogP contribution in [-0.2, 0) is 10.0 Å². The molecule has 6 nitrogen and oxygen atoms in total. The molecule has 0 aliphatic carbocycles. The van der Waals surface area contributed by atoms with Crippen molar-refractivity contribution in [3.8, 4) is 17.6 Å². The molecule has 0 fully saturated rings. The molecule has 0 radical (unpaired) electrons. The van der Waals surface area contributed by atoms with Crippen molar-refractivity contribution < 1.29 is 17.9 Å². The van der Waals surface area contributed by atoms with E-state index in [-0.39, 0.29) is 11.4 Å². The van der Waals surface area contributed by atoms with Crippen molar-refractivity contribution in [2.45, 2.75) is 4.90 Å². The van der Waals surface area contributed by atoms with Gasteiger partial charge in [-0.25, -0.2) is 8.42 Å². The smallest absolute Gasteiger partial charge is 0.264 e. The Kier molecular flexibility index (Phi) is 5.92. The number of rotatable bonds is 6. The molecule has 1 aliphatic rings. The van der Waals surface area contributed by atoms with E-state index < -0.39 is 10.0 Å². The molecule has 7 heteroatoms. The van der Waals surface area contributed by atoms with Crippen LogP contribution in [0.5, 0.6) is 11.5 Å². The molecule has 0 saturated carbocycles. The first-order valence-electron chi connectivity index (χ1n) is 9.72. The molecule has 1 aliphatic heterocycles. The summed E-state index contributed by atoms with van der Waals surface area (Å²) in [5.41, 5.74) is 1.83. The number of sulfonamides is 1. The molecular weight excluding hydrogens is 412 g/mol. The zero-order chi connectivity index (χ0) is 21.7. The van der Waals surface area contributed by atoms with Gasteiger partial charge < -0.3 is 9.47 Å². The normalized spacial score (nSPS) is 13.0. The van der Waals surface area contributed by atoms with Gasteiger partial charge in [-0.1, -0.05) is 42.5 Å². The summed E-state index contributed by atoms with van der Waals surface area (Å²) in [5.74, 6) is 1.10. The van der Waals surface area contributed by atoms with Crippen molar-refractivity contribution >= 4 is 21.8 Å². The largest absolute Gasteiger partial charge is 0.486 e. The molecule has 31 heavy (non-hydrogen) atoms. The van der Waals surface area contributed by atoms with Crippen LogP contribution in [0, 0.1) is 11.3 Å². The fourth-order valence-electron chi connectivity index (χ4n) is 3.21. The average Bonchev–Trinajstić information content (AvgIpc) is 2.82. The van der Waals surface area contributed by atoms with Gasteiger partial charge in [0.25, 0.3) is 10.0 Å². The van der Waals surface area contributed by atoms with Crippen LogP contribution in [0.1, 0.15) is 11.1 Å². The molecular formula is C24H20N2O4S. The quantitative estimate of drug-likeness (QED) is 0.582. The van der Waals surface area contributed by atoms with Crippen molar-refractivity contribution in [3.05, 3.63) is 90.0 Å². The van der Waals surface area contributed by atoms with Gasteiger partial charge in [0.15, 0.2) is 11.5 Å². The second kappa shape index (κ2) is 8.94. The van der Waals surface area contributed by atoms with Crippen molar-refractivity contribution in [3.63, 3.8) is 0 Å². The Bertz CT molecular complexity index is 1230. The molecule has 4 rings (SSSR count). The Morgan fingerprint density at radius 2 is 1.65 bits per heavy atom. The summed E-state index contributed by atoms with van der Waals surface area (Å²) in [5, 5.41) is 9.01. The van der Waals surface area contributed by atoms with Crippen molar-refractivity contribution in [2.75, 3.05) is 24.1 Å². The highest BCUT2D eigenvalue weighted by Gasteiger charge is 2.26. The molecule has 156 valence electrons. The van der Waals surface area contributed by atoms with Crippen molar-refractivity contribution in [1.29, 1.82) is 5.26 Å². The zero-order valence-electron chi connectivity index (χ0n) is 16.6. The van der Waals surface area contributed by atoms with Crippen LogP contribution in [0.4, 0.5) is 5.69 Å². The van der Waals surface area contributed by atoms with Crippen molar-refractivity contribution in [2.24, 2.45) is 0 Å². The van der Waals surface area contributed by atoms with Gasteiger partial charge in [0.2, 0.25) is 0 Å². The fraction of sp³-hybridized carbons (Fsp3) is 0.125. The highest BCUT2D eigenvalue weighted by molar-refractivity contribution is 7.92. The maximum absolute atomic E-state index is 13.5. The predicted octanol–water partition coefficient (Wildman–Crippen LogP) is 4.24. The summed E-state index contributed by atoms with van der Waals surface area (Å²) < 4.78 is 39.5. The van der Waals surface area contributed by atoms with E-state index >= 15 is 0 Å². The lowest BCUT2D eigenvalue weighted by Crippen LogP contribution is -2.31. The van der Waals surface area contributed by atoms with Gasteiger partial charge in [-0.15, -0.1) is 0 Å². The van der Waals surface area contributed by atoms with E-state index in [9.17, 15) is 8.42 Å². The number of nitrogens with zero attached hydrogens (tertiary/aromatic N) is 2. The van der Waals surface area contributed by atoms with Crippen LogP contribution in [0.15, 0.2) is 83.8 Å². The lowest BCUT2D eigenvalue weighted by atomic mass is 10.2. The first kappa shape index (κ1) is 20.5. The summed E-state index contributed by atoms with van der Waals surface area (Å²) in [4.78, 5) is 0.106. The summed E-state index contributed by atoms with van der Waals surface area (Å²) in [6, 6.07) is 22.6. The fourth-order valence-corrected chi connectivity index (χ4v) is 4.61. The van der Waals surface area contributed by atoms with Gasteiger partial charge in [0.05, 0.1) is 28.8 Å². The Balaban J connectivity index is 1.71. The SMILES string of the molecule is N#Cc1ccc(S(=O)(=O)N(CC=Cc2ccccc2)c2ccc3c(c2)OCCO3)cc1. The van der Waals surface area contributed by atoms with Crippen molar-refractivity contribution in [1.82, 2.24) is 0 Å². The van der Waals surface area contributed by atoms with Crippen LogP contribution in [0.25, 0.3) is 6.08 Å². The predicted molar refractivity (Wildman–Crippen MR) is 119 cm³/mol. The molecule has 0 amide bonds. The second-order valence-electron chi connectivity index (χ2n) is 6.81. The third-order valence-electron chi connectivity index (χ3n) is 4.77. The Labute approximate surface area is 181 Å². The van der Waals surface area contributed by atoms with Crippen LogP contribution in [-0.4, -0.2) is 28.2 Å². The number of nitriles is 1. The molecule has 0 unspecified atom stereocenters. The maximum atomic E-state index is 13.5. The van der Waals surface area contributed by atoms with Gasteiger partial charge in [0.1, 0.15) is 13.2 Å². The topological polar surface area (TPSA) is 79.6 Å². The molecule has 0 saturated heterocycles. The average molecular weight is 433 g/mol. The molecule has 0 atom stereocenters. The summed E-state index contributed by atoms with van der Waals surface area (Å²) >= 11 is 0. The van der Waals surface area contributed by atoms with E-state index in [1.807, 2.05) is 42.5 Å². The summed E-state index contributed by atoms with van der Waals surface area (Å²) in [6.45, 7) is 0.989. The molecule has 0 bridgehead atoms. The van der Waals surface area contributed by atoms with Crippen LogP contribution in [0.3, 0.4) is 0 Å². The molecule has 1 heterocycles. The maximum Gasteiger partial charge on any atom is 0.264 e. The molecule has 0 aromatic heterocycles. The van der Waals surface area contributed by atoms with E-state index in [1.54, 1.807) is 24.3 Å². The van der Waals surface area contributed by atoms with Crippen LogP contribution in [0.2, 0.25) is 0 Å².